The number of aryl methyl sites for hydroxylation is 1. The Balaban J connectivity index is 1.55. The molecule has 164 valence electrons. The van der Waals surface area contributed by atoms with Gasteiger partial charge in [0.25, 0.3) is 0 Å². The van der Waals surface area contributed by atoms with Crippen molar-refractivity contribution in [1.82, 2.24) is 9.80 Å². The van der Waals surface area contributed by atoms with Crippen LogP contribution in [0.3, 0.4) is 0 Å². The number of nitrogens with zero attached hydrogens (tertiary/aromatic N) is 3. The maximum absolute atomic E-state index is 12.7. The number of hydrogen-bond acceptors (Lipinski definition) is 6. The molecule has 1 amide bonds. The number of carbonyl (C=O) groups is 1. The summed E-state index contributed by atoms with van der Waals surface area (Å²) >= 11 is 0. The van der Waals surface area contributed by atoms with Crippen molar-refractivity contribution in [2.45, 2.75) is 26.4 Å². The van der Waals surface area contributed by atoms with Crippen LogP contribution >= 0.6 is 0 Å². The number of methoxy groups -OCH3 is 2. The minimum atomic E-state index is -0.240. The number of benzene rings is 2. The van der Waals surface area contributed by atoms with E-state index in [0.717, 1.165) is 44.2 Å². The molecule has 1 saturated heterocycles. The predicted molar refractivity (Wildman–Crippen MR) is 120 cm³/mol. The van der Waals surface area contributed by atoms with Crippen LogP contribution in [0, 0.1) is 18.3 Å². The van der Waals surface area contributed by atoms with Gasteiger partial charge in [-0.1, -0.05) is 6.07 Å². The Labute approximate surface area is 184 Å². The molecule has 7 heteroatoms. The summed E-state index contributed by atoms with van der Waals surface area (Å²) in [4.78, 5) is 17.3. The van der Waals surface area contributed by atoms with Crippen molar-refractivity contribution in [2.24, 2.45) is 0 Å². The van der Waals surface area contributed by atoms with Gasteiger partial charge in [-0.15, -0.1) is 0 Å². The van der Waals surface area contributed by atoms with Crippen molar-refractivity contribution in [2.75, 3.05) is 45.7 Å². The first-order valence-corrected chi connectivity index (χ1v) is 10.4. The molecule has 0 bridgehead atoms. The van der Waals surface area contributed by atoms with Crippen LogP contribution in [-0.4, -0.2) is 62.1 Å². The molecular formula is C24H30N4O3. The highest BCUT2D eigenvalue weighted by atomic mass is 16.5. The van der Waals surface area contributed by atoms with E-state index in [1.165, 1.54) is 11.1 Å². The van der Waals surface area contributed by atoms with E-state index in [0.29, 0.717) is 11.3 Å². The summed E-state index contributed by atoms with van der Waals surface area (Å²) in [6, 6.07) is 12.9. The van der Waals surface area contributed by atoms with Crippen molar-refractivity contribution >= 4 is 11.6 Å². The van der Waals surface area contributed by atoms with Gasteiger partial charge >= 0.3 is 0 Å². The Bertz CT molecular complexity index is 962. The summed E-state index contributed by atoms with van der Waals surface area (Å²) in [5.74, 6) is 1.43. The smallest absolute Gasteiger partial charge is 0.241 e. The average Bonchev–Trinajstić information content (AvgIpc) is 2.80. The molecule has 0 spiro atoms. The molecule has 1 fully saturated rings. The minimum Gasteiger partial charge on any atom is -0.493 e. The van der Waals surface area contributed by atoms with Crippen LogP contribution in [0.1, 0.15) is 23.6 Å². The van der Waals surface area contributed by atoms with E-state index in [1.54, 1.807) is 38.5 Å². The molecule has 0 unspecified atom stereocenters. The standard InChI is InChI=1S/C24H30N4O3/c1-17-12-22(30-3)23(31-4)14-20(17)16-27-8-10-28(11-9-27)18(2)24(29)26-21-7-5-6-19(13-21)15-25/h5-7,12-14,18H,8-11,16H2,1-4H3,(H,26,29)/t18-/m1/s1. The Morgan fingerprint density at radius 2 is 1.81 bits per heavy atom. The second-order valence-electron chi connectivity index (χ2n) is 7.80. The van der Waals surface area contributed by atoms with Crippen LogP contribution in [0.25, 0.3) is 0 Å². The van der Waals surface area contributed by atoms with Gasteiger partial charge in [0.1, 0.15) is 0 Å². The first-order valence-electron chi connectivity index (χ1n) is 10.4. The average molecular weight is 423 g/mol. The van der Waals surface area contributed by atoms with E-state index in [2.05, 4.69) is 28.1 Å². The van der Waals surface area contributed by atoms with E-state index in [4.69, 9.17) is 14.7 Å². The number of anilines is 1. The van der Waals surface area contributed by atoms with Gasteiger partial charge in [-0.05, 0) is 55.3 Å². The number of nitriles is 1. The number of rotatable bonds is 7. The van der Waals surface area contributed by atoms with Crippen LogP contribution in [0.4, 0.5) is 5.69 Å². The lowest BCUT2D eigenvalue weighted by atomic mass is 10.1. The number of ether oxygens (including phenoxy) is 2. The van der Waals surface area contributed by atoms with E-state index >= 15 is 0 Å². The monoisotopic (exact) mass is 422 g/mol. The molecule has 7 nitrogen and oxygen atoms in total. The zero-order chi connectivity index (χ0) is 22.4. The molecule has 1 aliphatic rings. The van der Waals surface area contributed by atoms with Gasteiger partial charge in [0, 0.05) is 38.4 Å². The van der Waals surface area contributed by atoms with Crippen LogP contribution in [0.2, 0.25) is 0 Å². The lowest BCUT2D eigenvalue weighted by Gasteiger charge is -2.37. The molecule has 1 aliphatic heterocycles. The topological polar surface area (TPSA) is 77.8 Å². The zero-order valence-corrected chi connectivity index (χ0v) is 18.6. The molecule has 0 saturated carbocycles. The van der Waals surface area contributed by atoms with Gasteiger partial charge in [-0.2, -0.15) is 5.26 Å². The molecule has 0 aromatic heterocycles. The maximum Gasteiger partial charge on any atom is 0.241 e. The van der Waals surface area contributed by atoms with Crippen molar-refractivity contribution in [3.63, 3.8) is 0 Å². The van der Waals surface area contributed by atoms with E-state index < -0.39 is 0 Å². The molecule has 1 atom stereocenters. The van der Waals surface area contributed by atoms with E-state index in [9.17, 15) is 4.79 Å². The number of piperazine rings is 1. The first-order chi connectivity index (χ1) is 14.9. The van der Waals surface area contributed by atoms with Crippen molar-refractivity contribution in [3.8, 4) is 17.6 Å². The number of amides is 1. The predicted octanol–water partition coefficient (Wildman–Crippen LogP) is 3.03. The third-order valence-electron chi connectivity index (χ3n) is 5.83. The van der Waals surface area contributed by atoms with Crippen LogP contribution in [0.5, 0.6) is 11.5 Å². The second-order valence-corrected chi connectivity index (χ2v) is 7.80. The van der Waals surface area contributed by atoms with E-state index in [1.807, 2.05) is 19.1 Å². The number of nitrogens with one attached hydrogen (secondary N) is 1. The summed E-state index contributed by atoms with van der Waals surface area (Å²) < 4.78 is 10.8. The van der Waals surface area contributed by atoms with Crippen molar-refractivity contribution in [1.29, 1.82) is 5.26 Å². The summed E-state index contributed by atoms with van der Waals surface area (Å²) in [6.07, 6.45) is 0. The van der Waals surface area contributed by atoms with Gasteiger partial charge in [0.2, 0.25) is 5.91 Å². The third-order valence-corrected chi connectivity index (χ3v) is 5.83. The van der Waals surface area contributed by atoms with Gasteiger partial charge in [0.15, 0.2) is 11.5 Å². The molecule has 31 heavy (non-hydrogen) atoms. The highest BCUT2D eigenvalue weighted by molar-refractivity contribution is 5.94. The van der Waals surface area contributed by atoms with Gasteiger partial charge in [0.05, 0.1) is 31.9 Å². The quantitative estimate of drug-likeness (QED) is 0.739. The summed E-state index contributed by atoms with van der Waals surface area (Å²) in [6.45, 7) is 8.25. The fourth-order valence-electron chi connectivity index (χ4n) is 3.82. The largest absolute Gasteiger partial charge is 0.493 e. The Morgan fingerprint density at radius 1 is 1.13 bits per heavy atom. The summed E-state index contributed by atoms with van der Waals surface area (Å²) in [5, 5.41) is 11.9. The Morgan fingerprint density at radius 3 is 2.45 bits per heavy atom. The number of carbonyl (C=O) groups excluding carboxylic acids is 1. The highest BCUT2D eigenvalue weighted by Crippen LogP contribution is 2.31. The molecule has 1 N–H and O–H groups in total. The lowest BCUT2D eigenvalue weighted by molar-refractivity contribution is -0.121. The Kier molecular flexibility index (Phi) is 7.50. The summed E-state index contributed by atoms with van der Waals surface area (Å²) in [7, 11) is 3.30. The SMILES string of the molecule is COc1cc(C)c(CN2CCN([C@H](C)C(=O)Nc3cccc(C#N)c3)CC2)cc1OC. The minimum absolute atomic E-state index is 0.0562. The summed E-state index contributed by atoms with van der Waals surface area (Å²) in [5.41, 5.74) is 3.57. The van der Waals surface area contributed by atoms with Gasteiger partial charge < -0.3 is 14.8 Å². The molecule has 0 radical (unpaired) electrons. The van der Waals surface area contributed by atoms with Crippen LogP contribution in [0.15, 0.2) is 36.4 Å². The second kappa shape index (κ2) is 10.3. The molecule has 1 heterocycles. The molecule has 0 aliphatic carbocycles. The maximum atomic E-state index is 12.7. The fraction of sp³-hybridized carbons (Fsp3) is 0.417. The normalized spacial score (nSPS) is 15.7. The molecule has 2 aromatic rings. The highest BCUT2D eigenvalue weighted by Gasteiger charge is 2.26. The van der Waals surface area contributed by atoms with Crippen molar-refractivity contribution < 1.29 is 14.3 Å². The third kappa shape index (κ3) is 5.54. The van der Waals surface area contributed by atoms with Gasteiger partial charge in [-0.3, -0.25) is 14.6 Å². The van der Waals surface area contributed by atoms with Gasteiger partial charge in [-0.25, -0.2) is 0 Å². The van der Waals surface area contributed by atoms with Crippen molar-refractivity contribution in [3.05, 3.63) is 53.1 Å². The van der Waals surface area contributed by atoms with Crippen LogP contribution < -0.4 is 14.8 Å². The number of hydrogen-bond donors (Lipinski definition) is 1. The Hall–Kier alpha value is -3.08. The molecular weight excluding hydrogens is 392 g/mol. The fourth-order valence-corrected chi connectivity index (χ4v) is 3.82. The zero-order valence-electron chi connectivity index (χ0n) is 18.6. The molecule has 3 rings (SSSR count). The van der Waals surface area contributed by atoms with Crippen LogP contribution in [-0.2, 0) is 11.3 Å². The molecule has 2 aromatic carbocycles. The van der Waals surface area contributed by atoms with E-state index in [-0.39, 0.29) is 11.9 Å². The lowest BCUT2D eigenvalue weighted by Crippen LogP contribution is -2.52. The first kappa shape index (κ1) is 22.6.